The van der Waals surface area contributed by atoms with Crippen LogP contribution < -0.4 is 16.0 Å². The minimum atomic E-state index is -0.989. The first-order chi connectivity index (χ1) is 10.4. The maximum atomic E-state index is 11.7. The molecular weight excluding hydrogens is 298 g/mol. The van der Waals surface area contributed by atoms with Crippen molar-refractivity contribution in [2.24, 2.45) is 0 Å². The molecule has 116 valence electrons. The molecule has 4 N–H and O–H groups in total. The van der Waals surface area contributed by atoms with Crippen molar-refractivity contribution < 1.29 is 19.7 Å². The molecule has 0 bridgehead atoms. The van der Waals surface area contributed by atoms with Crippen LogP contribution in [0.2, 0.25) is 0 Å². The highest BCUT2D eigenvalue weighted by Crippen LogP contribution is 2.34. The number of non-ortho nitro benzene ring substituents is 1. The minimum Gasteiger partial charge on any atom is -0.395 e. The van der Waals surface area contributed by atoms with Gasteiger partial charge in [-0.25, -0.2) is 0 Å². The SMILES string of the molecule is O=C(NCCO)/C(=C1\Nc2ccc([N+](=O)[O-])cc2N1)[N+](=O)[O-]. The molecule has 1 aromatic carbocycles. The number of hydrogen-bond acceptors (Lipinski definition) is 8. The van der Waals surface area contributed by atoms with Gasteiger partial charge in [0.25, 0.3) is 5.69 Å². The van der Waals surface area contributed by atoms with Crippen LogP contribution in [-0.4, -0.2) is 34.0 Å². The summed E-state index contributed by atoms with van der Waals surface area (Å²) in [5, 5.41) is 37.7. The van der Waals surface area contributed by atoms with Crippen LogP contribution in [0.3, 0.4) is 0 Å². The molecule has 0 fully saturated rings. The van der Waals surface area contributed by atoms with E-state index in [1.807, 2.05) is 0 Å². The molecular formula is C11H11N5O6. The van der Waals surface area contributed by atoms with Crippen molar-refractivity contribution in [3.8, 4) is 0 Å². The average molecular weight is 309 g/mol. The fourth-order valence-corrected chi connectivity index (χ4v) is 1.82. The lowest BCUT2D eigenvalue weighted by Gasteiger charge is -2.04. The molecule has 0 saturated carbocycles. The predicted octanol–water partition coefficient (Wildman–Crippen LogP) is -0.0135. The van der Waals surface area contributed by atoms with E-state index in [1.165, 1.54) is 18.2 Å². The Morgan fingerprint density at radius 1 is 1.23 bits per heavy atom. The van der Waals surface area contributed by atoms with Crippen LogP contribution in [0.5, 0.6) is 0 Å². The summed E-state index contributed by atoms with van der Waals surface area (Å²) in [6.07, 6.45) is 0. The standard InChI is InChI=1S/C11H11N5O6/c17-4-3-12-11(18)9(16(21)22)10-13-7-2-1-6(15(19)20)5-8(7)14-10/h1-2,5,13-14,17H,3-4H2,(H,12,18)/b10-9-. The zero-order chi connectivity index (χ0) is 16.3. The van der Waals surface area contributed by atoms with Crippen molar-refractivity contribution in [3.05, 3.63) is 49.9 Å². The Bertz CT molecular complexity index is 686. The number of aliphatic hydroxyl groups excluding tert-OH is 1. The average Bonchev–Trinajstić information content (AvgIpc) is 2.86. The first-order valence-electron chi connectivity index (χ1n) is 6.04. The van der Waals surface area contributed by atoms with Crippen molar-refractivity contribution >= 4 is 23.0 Å². The van der Waals surface area contributed by atoms with Crippen LogP contribution >= 0.6 is 0 Å². The lowest BCUT2D eigenvalue weighted by atomic mass is 10.2. The Hall–Kier alpha value is -3.21. The highest BCUT2D eigenvalue weighted by Gasteiger charge is 2.32. The topological polar surface area (TPSA) is 160 Å². The molecule has 2 rings (SSSR count). The Balaban J connectivity index is 2.33. The van der Waals surface area contributed by atoms with E-state index in [0.717, 1.165) is 0 Å². The monoisotopic (exact) mass is 309 g/mol. The summed E-state index contributed by atoms with van der Waals surface area (Å²) in [6.45, 7) is -0.499. The molecule has 1 aliphatic rings. The van der Waals surface area contributed by atoms with Crippen molar-refractivity contribution in [2.75, 3.05) is 23.8 Å². The Kier molecular flexibility index (Phi) is 4.18. The van der Waals surface area contributed by atoms with Gasteiger partial charge in [-0.15, -0.1) is 0 Å². The quantitative estimate of drug-likeness (QED) is 0.335. The van der Waals surface area contributed by atoms with Gasteiger partial charge in [-0.2, -0.15) is 0 Å². The molecule has 1 aromatic rings. The third kappa shape index (κ3) is 2.93. The number of amides is 1. The van der Waals surface area contributed by atoms with Gasteiger partial charge in [-0.05, 0) is 6.07 Å². The first kappa shape index (κ1) is 15.2. The number of hydrogen-bond donors (Lipinski definition) is 4. The van der Waals surface area contributed by atoms with Gasteiger partial charge in [0.2, 0.25) is 0 Å². The van der Waals surface area contributed by atoms with E-state index in [2.05, 4.69) is 16.0 Å². The molecule has 1 amide bonds. The van der Waals surface area contributed by atoms with Crippen LogP contribution in [0.1, 0.15) is 0 Å². The van der Waals surface area contributed by atoms with Gasteiger partial charge in [-0.1, -0.05) is 0 Å². The highest BCUT2D eigenvalue weighted by atomic mass is 16.6. The number of carbonyl (C=O) groups is 1. The number of rotatable bonds is 5. The molecule has 22 heavy (non-hydrogen) atoms. The number of anilines is 2. The number of nitro benzene ring substituents is 1. The van der Waals surface area contributed by atoms with Gasteiger partial charge in [0.1, 0.15) is 0 Å². The number of aliphatic hydroxyl groups is 1. The minimum absolute atomic E-state index is 0.137. The van der Waals surface area contributed by atoms with Crippen molar-refractivity contribution in [2.45, 2.75) is 0 Å². The Labute approximate surface area is 122 Å². The third-order valence-electron chi connectivity index (χ3n) is 2.77. The Morgan fingerprint density at radius 3 is 2.50 bits per heavy atom. The second-order valence-electron chi connectivity index (χ2n) is 4.20. The lowest BCUT2D eigenvalue weighted by molar-refractivity contribution is -0.420. The molecule has 0 atom stereocenters. The fraction of sp³-hybridized carbons (Fsp3) is 0.182. The normalized spacial score (nSPS) is 14.4. The maximum Gasteiger partial charge on any atom is 0.373 e. The molecule has 0 unspecified atom stereocenters. The molecule has 0 aromatic heterocycles. The van der Waals surface area contributed by atoms with Gasteiger partial charge >= 0.3 is 11.6 Å². The second kappa shape index (κ2) is 6.05. The first-order valence-corrected chi connectivity index (χ1v) is 6.04. The van der Waals surface area contributed by atoms with Gasteiger partial charge < -0.3 is 21.1 Å². The summed E-state index contributed by atoms with van der Waals surface area (Å²) in [6, 6.07) is 3.79. The summed E-state index contributed by atoms with van der Waals surface area (Å²) in [5.41, 5.74) is -0.359. The van der Waals surface area contributed by atoms with Crippen LogP contribution in [0, 0.1) is 20.2 Å². The van der Waals surface area contributed by atoms with E-state index in [-0.39, 0.29) is 30.3 Å². The molecule has 11 heteroatoms. The van der Waals surface area contributed by atoms with Crippen molar-refractivity contribution in [1.82, 2.24) is 5.32 Å². The summed E-state index contributed by atoms with van der Waals surface area (Å²) in [7, 11) is 0. The van der Waals surface area contributed by atoms with Crippen LogP contribution in [0.25, 0.3) is 0 Å². The van der Waals surface area contributed by atoms with Crippen molar-refractivity contribution in [1.29, 1.82) is 0 Å². The molecule has 1 aliphatic heterocycles. The van der Waals surface area contributed by atoms with Crippen molar-refractivity contribution in [3.63, 3.8) is 0 Å². The Morgan fingerprint density at radius 2 is 1.91 bits per heavy atom. The summed E-state index contributed by atoms with van der Waals surface area (Å²) in [4.78, 5) is 32.0. The number of nitrogens with one attached hydrogen (secondary N) is 3. The number of fused-ring (bicyclic) bond motifs is 1. The van der Waals surface area contributed by atoms with Crippen LogP contribution in [-0.2, 0) is 4.79 Å². The van der Waals surface area contributed by atoms with E-state index < -0.39 is 21.5 Å². The fourth-order valence-electron chi connectivity index (χ4n) is 1.82. The van der Waals surface area contributed by atoms with E-state index in [1.54, 1.807) is 0 Å². The van der Waals surface area contributed by atoms with E-state index in [9.17, 15) is 25.0 Å². The number of nitro groups is 2. The molecule has 0 spiro atoms. The molecule has 0 radical (unpaired) electrons. The van der Waals surface area contributed by atoms with E-state index >= 15 is 0 Å². The van der Waals surface area contributed by atoms with E-state index in [4.69, 9.17) is 5.11 Å². The third-order valence-corrected chi connectivity index (χ3v) is 2.77. The van der Waals surface area contributed by atoms with Gasteiger partial charge in [0, 0.05) is 18.7 Å². The number of nitrogens with zero attached hydrogens (tertiary/aromatic N) is 2. The smallest absolute Gasteiger partial charge is 0.373 e. The molecule has 0 aliphatic carbocycles. The molecule has 1 heterocycles. The predicted molar refractivity (Wildman–Crippen MR) is 74.5 cm³/mol. The van der Waals surface area contributed by atoms with Gasteiger partial charge in [0.05, 0.1) is 27.8 Å². The van der Waals surface area contributed by atoms with Gasteiger partial charge in [0.15, 0.2) is 5.82 Å². The van der Waals surface area contributed by atoms with Gasteiger partial charge in [-0.3, -0.25) is 25.0 Å². The number of carbonyl (C=O) groups excluding carboxylic acids is 1. The maximum absolute atomic E-state index is 11.7. The summed E-state index contributed by atoms with van der Waals surface area (Å²) in [5.74, 6) is -1.19. The lowest BCUT2D eigenvalue weighted by Crippen LogP contribution is -2.32. The largest absolute Gasteiger partial charge is 0.395 e. The van der Waals surface area contributed by atoms with Crippen LogP contribution in [0.15, 0.2) is 29.7 Å². The van der Waals surface area contributed by atoms with Crippen LogP contribution in [0.4, 0.5) is 17.1 Å². The highest BCUT2D eigenvalue weighted by molar-refractivity contribution is 5.95. The molecule has 0 saturated heterocycles. The molecule has 11 nitrogen and oxygen atoms in total. The number of benzene rings is 1. The second-order valence-corrected chi connectivity index (χ2v) is 4.20. The zero-order valence-electron chi connectivity index (χ0n) is 11.0. The zero-order valence-corrected chi connectivity index (χ0v) is 11.0. The summed E-state index contributed by atoms with van der Waals surface area (Å²) >= 11 is 0. The summed E-state index contributed by atoms with van der Waals surface area (Å²) < 4.78 is 0. The van der Waals surface area contributed by atoms with E-state index in [0.29, 0.717) is 5.69 Å².